The molecule has 0 radical (unpaired) electrons. The number of carbonyl (C=O) groups excluding carboxylic acids is 1. The lowest BCUT2D eigenvalue weighted by molar-refractivity contribution is -0.118. The second kappa shape index (κ2) is 5.32. The van der Waals surface area contributed by atoms with Crippen molar-refractivity contribution in [2.24, 2.45) is 5.73 Å². The molecule has 0 aliphatic heterocycles. The maximum atomic E-state index is 11.0. The number of benzene rings is 1. The molecule has 0 heterocycles. The lowest BCUT2D eigenvalue weighted by Gasteiger charge is -2.17. The number of hydrogen-bond donors (Lipinski definition) is 2. The van der Waals surface area contributed by atoms with Gasteiger partial charge in [0.25, 0.3) is 0 Å². The van der Waals surface area contributed by atoms with Crippen molar-refractivity contribution in [3.63, 3.8) is 0 Å². The van der Waals surface area contributed by atoms with Crippen LogP contribution in [0.1, 0.15) is 49.3 Å². The molecular weight excluding hydrogens is 212 g/mol. The van der Waals surface area contributed by atoms with Crippen LogP contribution in [0.25, 0.3) is 0 Å². The summed E-state index contributed by atoms with van der Waals surface area (Å²) in [6.45, 7) is 2.87. The molecule has 92 valence electrons. The van der Waals surface area contributed by atoms with Crippen molar-refractivity contribution in [2.45, 2.75) is 38.1 Å². The molecule has 1 fully saturated rings. The molecule has 0 spiro atoms. The van der Waals surface area contributed by atoms with Crippen molar-refractivity contribution < 1.29 is 4.79 Å². The Bertz CT molecular complexity index is 382. The van der Waals surface area contributed by atoms with Gasteiger partial charge in [0, 0.05) is 12.5 Å². The first-order valence-electron chi connectivity index (χ1n) is 6.32. The Labute approximate surface area is 102 Å². The van der Waals surface area contributed by atoms with E-state index in [0.29, 0.717) is 6.42 Å². The predicted molar refractivity (Wildman–Crippen MR) is 68.6 cm³/mol. The molecule has 1 aliphatic rings. The number of primary amides is 1. The van der Waals surface area contributed by atoms with Gasteiger partial charge in [-0.3, -0.25) is 4.79 Å². The Balaban J connectivity index is 2.08. The Morgan fingerprint density at radius 2 is 2.06 bits per heavy atom. The summed E-state index contributed by atoms with van der Waals surface area (Å²) >= 11 is 0. The van der Waals surface area contributed by atoms with Crippen LogP contribution in [0.3, 0.4) is 0 Å². The molecule has 3 heteroatoms. The predicted octanol–water partition coefficient (Wildman–Crippen LogP) is 2.09. The zero-order chi connectivity index (χ0) is 12.3. The topological polar surface area (TPSA) is 55.1 Å². The van der Waals surface area contributed by atoms with E-state index in [0.717, 1.165) is 18.0 Å². The molecular formula is C14H20N2O. The summed E-state index contributed by atoms with van der Waals surface area (Å²) in [5.74, 6) is 0.514. The number of hydrogen-bond acceptors (Lipinski definition) is 2. The Hall–Kier alpha value is -1.35. The van der Waals surface area contributed by atoms with Gasteiger partial charge in [-0.05, 0) is 36.4 Å². The van der Waals surface area contributed by atoms with Gasteiger partial charge in [0.05, 0.1) is 0 Å². The normalized spacial score (nSPS) is 16.8. The number of carbonyl (C=O) groups is 1. The van der Waals surface area contributed by atoms with Gasteiger partial charge < -0.3 is 11.1 Å². The fourth-order valence-corrected chi connectivity index (χ4v) is 2.17. The molecule has 1 amide bonds. The summed E-state index contributed by atoms with van der Waals surface area (Å²) < 4.78 is 0. The highest BCUT2D eigenvalue weighted by atomic mass is 16.1. The molecule has 1 atom stereocenters. The molecule has 1 unspecified atom stereocenters. The summed E-state index contributed by atoms with van der Waals surface area (Å²) in [5, 5.41) is 3.29. The SMILES string of the molecule is CCNC(CC(N)=O)c1ccc(C2CC2)cc1. The molecule has 0 saturated heterocycles. The molecule has 1 aliphatic carbocycles. The second-order valence-corrected chi connectivity index (χ2v) is 4.72. The maximum Gasteiger partial charge on any atom is 0.219 e. The van der Waals surface area contributed by atoms with Crippen molar-refractivity contribution in [3.8, 4) is 0 Å². The van der Waals surface area contributed by atoms with Gasteiger partial charge in [-0.15, -0.1) is 0 Å². The van der Waals surface area contributed by atoms with Gasteiger partial charge in [-0.2, -0.15) is 0 Å². The zero-order valence-electron chi connectivity index (χ0n) is 10.3. The first-order chi connectivity index (χ1) is 8.20. The average molecular weight is 232 g/mol. The largest absolute Gasteiger partial charge is 0.370 e. The van der Waals surface area contributed by atoms with Gasteiger partial charge in [-0.25, -0.2) is 0 Å². The smallest absolute Gasteiger partial charge is 0.219 e. The quantitative estimate of drug-likeness (QED) is 0.789. The molecule has 1 aromatic carbocycles. The minimum atomic E-state index is -0.262. The fourth-order valence-electron chi connectivity index (χ4n) is 2.17. The summed E-state index contributed by atoms with van der Waals surface area (Å²) in [6.07, 6.45) is 2.99. The molecule has 3 nitrogen and oxygen atoms in total. The van der Waals surface area contributed by atoms with E-state index in [1.807, 2.05) is 6.92 Å². The molecule has 17 heavy (non-hydrogen) atoms. The standard InChI is InChI=1S/C14H20N2O/c1-2-16-13(9-14(15)17)12-7-5-11(6-8-12)10-3-4-10/h5-8,10,13,16H,2-4,9H2,1H3,(H2,15,17). The van der Waals surface area contributed by atoms with Crippen molar-refractivity contribution in [2.75, 3.05) is 6.54 Å². The number of rotatable bonds is 6. The van der Waals surface area contributed by atoms with Gasteiger partial charge in [0.1, 0.15) is 0 Å². The lowest BCUT2D eigenvalue weighted by atomic mass is 10.0. The third-order valence-corrected chi connectivity index (χ3v) is 3.24. The van der Waals surface area contributed by atoms with Crippen LogP contribution < -0.4 is 11.1 Å². The maximum absolute atomic E-state index is 11.0. The van der Waals surface area contributed by atoms with Gasteiger partial charge in [0.15, 0.2) is 0 Å². The van der Waals surface area contributed by atoms with Crippen LogP contribution in [-0.2, 0) is 4.79 Å². The van der Waals surface area contributed by atoms with E-state index >= 15 is 0 Å². The fraction of sp³-hybridized carbons (Fsp3) is 0.500. The first kappa shape index (κ1) is 12.1. The first-order valence-corrected chi connectivity index (χ1v) is 6.32. The van der Waals surface area contributed by atoms with Crippen molar-refractivity contribution in [1.29, 1.82) is 0 Å². The highest BCUT2D eigenvalue weighted by Crippen LogP contribution is 2.40. The highest BCUT2D eigenvalue weighted by molar-refractivity contribution is 5.74. The third-order valence-electron chi connectivity index (χ3n) is 3.24. The van der Waals surface area contributed by atoms with Crippen LogP contribution in [0.2, 0.25) is 0 Å². The van der Waals surface area contributed by atoms with Crippen molar-refractivity contribution in [1.82, 2.24) is 5.32 Å². The molecule has 3 N–H and O–H groups in total. The molecule has 0 bridgehead atoms. The van der Waals surface area contributed by atoms with Crippen LogP contribution in [0.15, 0.2) is 24.3 Å². The van der Waals surface area contributed by atoms with Crippen LogP contribution in [0.5, 0.6) is 0 Å². The van der Waals surface area contributed by atoms with Crippen LogP contribution in [0, 0.1) is 0 Å². The van der Waals surface area contributed by atoms with E-state index < -0.39 is 0 Å². The van der Waals surface area contributed by atoms with Crippen LogP contribution in [0.4, 0.5) is 0 Å². The Kier molecular flexibility index (Phi) is 3.79. The van der Waals surface area contributed by atoms with E-state index in [4.69, 9.17) is 5.73 Å². The summed E-state index contributed by atoms with van der Waals surface area (Å²) in [6, 6.07) is 8.63. The average Bonchev–Trinajstić information content (AvgIpc) is 3.12. The highest BCUT2D eigenvalue weighted by Gasteiger charge is 2.23. The van der Waals surface area contributed by atoms with E-state index in [1.165, 1.54) is 18.4 Å². The van der Waals surface area contributed by atoms with Crippen molar-refractivity contribution in [3.05, 3.63) is 35.4 Å². The minimum Gasteiger partial charge on any atom is -0.370 e. The van der Waals surface area contributed by atoms with Gasteiger partial charge in [-0.1, -0.05) is 31.2 Å². The van der Waals surface area contributed by atoms with E-state index in [9.17, 15) is 4.79 Å². The van der Waals surface area contributed by atoms with E-state index in [-0.39, 0.29) is 11.9 Å². The summed E-state index contributed by atoms with van der Waals surface area (Å²) in [4.78, 5) is 11.0. The van der Waals surface area contributed by atoms with Crippen LogP contribution in [-0.4, -0.2) is 12.5 Å². The number of nitrogens with two attached hydrogens (primary N) is 1. The monoisotopic (exact) mass is 232 g/mol. The molecule has 0 aromatic heterocycles. The minimum absolute atomic E-state index is 0.0470. The van der Waals surface area contributed by atoms with E-state index in [1.54, 1.807) is 0 Å². The molecule has 2 rings (SSSR count). The summed E-state index contributed by atoms with van der Waals surface area (Å²) in [7, 11) is 0. The second-order valence-electron chi connectivity index (χ2n) is 4.72. The zero-order valence-corrected chi connectivity index (χ0v) is 10.3. The van der Waals surface area contributed by atoms with Crippen LogP contribution >= 0.6 is 0 Å². The lowest BCUT2D eigenvalue weighted by Crippen LogP contribution is -2.26. The Morgan fingerprint density at radius 3 is 2.53 bits per heavy atom. The van der Waals surface area contributed by atoms with Gasteiger partial charge in [0.2, 0.25) is 5.91 Å². The number of amides is 1. The molecule has 1 saturated carbocycles. The third kappa shape index (κ3) is 3.30. The van der Waals surface area contributed by atoms with E-state index in [2.05, 4.69) is 29.6 Å². The number of nitrogens with one attached hydrogen (secondary N) is 1. The van der Waals surface area contributed by atoms with Gasteiger partial charge >= 0.3 is 0 Å². The molecule has 1 aromatic rings. The Morgan fingerprint density at radius 1 is 1.41 bits per heavy atom. The van der Waals surface area contributed by atoms with Crippen molar-refractivity contribution >= 4 is 5.91 Å². The summed E-state index contributed by atoms with van der Waals surface area (Å²) in [5.41, 5.74) is 7.84.